The highest BCUT2D eigenvalue weighted by atomic mass is 35.5. The summed E-state index contributed by atoms with van der Waals surface area (Å²) in [6.45, 7) is 3.73. The molecule has 130 valence electrons. The van der Waals surface area contributed by atoms with Crippen molar-refractivity contribution < 1.29 is 4.74 Å². The van der Waals surface area contributed by atoms with Crippen molar-refractivity contribution in [2.45, 2.75) is 44.7 Å². The second-order valence-corrected chi connectivity index (χ2v) is 6.81. The molecule has 0 spiro atoms. The summed E-state index contributed by atoms with van der Waals surface area (Å²) in [4.78, 5) is 2.15. The summed E-state index contributed by atoms with van der Waals surface area (Å²) in [7, 11) is 4.16. The topological polar surface area (TPSA) is 36.5 Å². The molecule has 2 aliphatic rings. The zero-order valence-corrected chi connectivity index (χ0v) is 15.2. The van der Waals surface area contributed by atoms with Gasteiger partial charge in [-0.2, -0.15) is 0 Å². The quantitative estimate of drug-likeness (QED) is 0.835. The van der Waals surface area contributed by atoms with E-state index in [0.717, 1.165) is 38.4 Å². The summed E-state index contributed by atoms with van der Waals surface area (Å²) in [5.74, 6) is 1.02. The minimum absolute atomic E-state index is 0. The molecule has 1 aromatic carbocycles. The molecule has 23 heavy (non-hydrogen) atoms. The number of rotatable bonds is 6. The SMILES string of the molecule is CN(C)CCOc1cc2c(c(NC3CCCC3)c1)CNCC2.Cl. The fourth-order valence-corrected chi connectivity index (χ4v) is 3.42. The van der Waals surface area contributed by atoms with Crippen molar-refractivity contribution in [2.75, 3.05) is 39.1 Å². The Morgan fingerprint density at radius 3 is 2.78 bits per heavy atom. The zero-order valence-electron chi connectivity index (χ0n) is 14.4. The molecule has 0 saturated heterocycles. The Balaban J connectivity index is 0.00000192. The lowest BCUT2D eigenvalue weighted by molar-refractivity contribution is 0.261. The van der Waals surface area contributed by atoms with Crippen LogP contribution in [0.15, 0.2) is 12.1 Å². The zero-order chi connectivity index (χ0) is 15.4. The van der Waals surface area contributed by atoms with Crippen LogP contribution in [0.3, 0.4) is 0 Å². The molecule has 0 unspecified atom stereocenters. The van der Waals surface area contributed by atoms with Gasteiger partial charge in [0.1, 0.15) is 12.4 Å². The fourth-order valence-electron chi connectivity index (χ4n) is 3.42. The van der Waals surface area contributed by atoms with Gasteiger partial charge in [0.25, 0.3) is 0 Å². The van der Waals surface area contributed by atoms with Crippen LogP contribution in [0.5, 0.6) is 5.75 Å². The highest BCUT2D eigenvalue weighted by molar-refractivity contribution is 5.85. The van der Waals surface area contributed by atoms with E-state index >= 15 is 0 Å². The first-order valence-electron chi connectivity index (χ1n) is 8.63. The first-order valence-corrected chi connectivity index (χ1v) is 8.63. The van der Waals surface area contributed by atoms with Crippen molar-refractivity contribution in [3.05, 3.63) is 23.3 Å². The van der Waals surface area contributed by atoms with Crippen LogP contribution in [0.2, 0.25) is 0 Å². The van der Waals surface area contributed by atoms with Crippen LogP contribution in [0.25, 0.3) is 0 Å². The first-order chi connectivity index (χ1) is 10.7. The van der Waals surface area contributed by atoms with Crippen LogP contribution >= 0.6 is 12.4 Å². The van der Waals surface area contributed by atoms with Gasteiger partial charge in [0.05, 0.1) is 0 Å². The second kappa shape index (κ2) is 8.76. The molecule has 1 saturated carbocycles. The molecule has 0 amide bonds. The van der Waals surface area contributed by atoms with E-state index in [2.05, 4.69) is 41.8 Å². The molecule has 0 atom stereocenters. The average molecular weight is 340 g/mol. The van der Waals surface area contributed by atoms with Gasteiger partial charge < -0.3 is 20.3 Å². The van der Waals surface area contributed by atoms with Gasteiger partial charge in [-0.25, -0.2) is 0 Å². The highest BCUT2D eigenvalue weighted by Gasteiger charge is 2.19. The van der Waals surface area contributed by atoms with E-state index in [1.54, 1.807) is 0 Å². The van der Waals surface area contributed by atoms with Crippen LogP contribution in [0.4, 0.5) is 5.69 Å². The summed E-state index contributed by atoms with van der Waals surface area (Å²) in [5.41, 5.74) is 4.18. The van der Waals surface area contributed by atoms with Gasteiger partial charge in [0.15, 0.2) is 0 Å². The normalized spacial score (nSPS) is 17.7. The van der Waals surface area contributed by atoms with Crippen molar-refractivity contribution in [1.82, 2.24) is 10.2 Å². The molecule has 3 rings (SSSR count). The Kier molecular flexibility index (Phi) is 7.00. The van der Waals surface area contributed by atoms with Gasteiger partial charge in [-0.15, -0.1) is 12.4 Å². The molecule has 1 fully saturated rings. The predicted octanol–water partition coefficient (Wildman–Crippen LogP) is 3.05. The van der Waals surface area contributed by atoms with E-state index in [4.69, 9.17) is 4.74 Å². The Morgan fingerprint density at radius 1 is 1.26 bits per heavy atom. The number of ether oxygens (including phenoxy) is 1. The van der Waals surface area contributed by atoms with Gasteiger partial charge in [-0.1, -0.05) is 12.8 Å². The maximum Gasteiger partial charge on any atom is 0.121 e. The average Bonchev–Trinajstić information content (AvgIpc) is 3.00. The Bertz CT molecular complexity index is 501. The number of hydrogen-bond donors (Lipinski definition) is 2. The van der Waals surface area contributed by atoms with E-state index in [-0.39, 0.29) is 12.4 Å². The number of fused-ring (bicyclic) bond motifs is 1. The van der Waals surface area contributed by atoms with E-state index in [9.17, 15) is 0 Å². The summed E-state index contributed by atoms with van der Waals surface area (Å²) >= 11 is 0. The molecule has 4 nitrogen and oxygen atoms in total. The number of nitrogens with zero attached hydrogens (tertiary/aromatic N) is 1. The fraction of sp³-hybridized carbons (Fsp3) is 0.667. The second-order valence-electron chi connectivity index (χ2n) is 6.81. The smallest absolute Gasteiger partial charge is 0.121 e. The number of likely N-dealkylation sites (N-methyl/N-ethyl adjacent to an activating group) is 1. The van der Waals surface area contributed by atoms with Crippen molar-refractivity contribution in [2.24, 2.45) is 0 Å². The van der Waals surface area contributed by atoms with Gasteiger partial charge >= 0.3 is 0 Å². The first kappa shape index (κ1) is 18.4. The number of benzene rings is 1. The molecule has 1 aliphatic heterocycles. The van der Waals surface area contributed by atoms with Crippen molar-refractivity contribution in [3.8, 4) is 5.75 Å². The number of nitrogens with one attached hydrogen (secondary N) is 2. The number of halogens is 1. The minimum Gasteiger partial charge on any atom is -0.492 e. The van der Waals surface area contributed by atoms with Gasteiger partial charge in [-0.05, 0) is 57.1 Å². The number of anilines is 1. The van der Waals surface area contributed by atoms with Gasteiger partial charge in [0.2, 0.25) is 0 Å². The molecule has 1 aromatic rings. The number of hydrogen-bond acceptors (Lipinski definition) is 4. The maximum absolute atomic E-state index is 5.99. The van der Waals surface area contributed by atoms with Gasteiger partial charge in [-0.3, -0.25) is 0 Å². The monoisotopic (exact) mass is 339 g/mol. The molecule has 2 N–H and O–H groups in total. The molecule has 1 heterocycles. The largest absolute Gasteiger partial charge is 0.492 e. The van der Waals surface area contributed by atoms with Crippen LogP contribution in [-0.2, 0) is 13.0 Å². The van der Waals surface area contributed by atoms with E-state index < -0.39 is 0 Å². The van der Waals surface area contributed by atoms with Crippen LogP contribution in [0.1, 0.15) is 36.8 Å². The van der Waals surface area contributed by atoms with E-state index in [1.807, 2.05) is 0 Å². The van der Waals surface area contributed by atoms with Gasteiger partial charge in [0, 0.05) is 30.9 Å². The third kappa shape index (κ3) is 5.00. The van der Waals surface area contributed by atoms with E-state index in [1.165, 1.54) is 42.5 Å². The molecule has 0 aromatic heterocycles. The van der Waals surface area contributed by atoms with Crippen LogP contribution < -0.4 is 15.4 Å². The van der Waals surface area contributed by atoms with Crippen molar-refractivity contribution in [3.63, 3.8) is 0 Å². The molecular formula is C18H30ClN3O. The summed E-state index contributed by atoms with van der Waals surface area (Å²) < 4.78 is 5.99. The summed E-state index contributed by atoms with van der Waals surface area (Å²) in [6.07, 6.45) is 6.41. The maximum atomic E-state index is 5.99. The third-order valence-corrected chi connectivity index (χ3v) is 4.71. The molecular weight excluding hydrogens is 310 g/mol. The molecule has 1 aliphatic carbocycles. The van der Waals surface area contributed by atoms with Crippen LogP contribution in [-0.4, -0.2) is 44.7 Å². The lowest BCUT2D eigenvalue weighted by atomic mass is 9.98. The Labute approximate surface area is 146 Å². The Morgan fingerprint density at radius 2 is 2.04 bits per heavy atom. The predicted molar refractivity (Wildman–Crippen MR) is 99.0 cm³/mol. The Hall–Kier alpha value is -0.970. The third-order valence-electron chi connectivity index (χ3n) is 4.71. The van der Waals surface area contributed by atoms with Crippen LogP contribution in [0, 0.1) is 0 Å². The molecule has 0 radical (unpaired) electrons. The molecule has 5 heteroatoms. The molecule has 0 bridgehead atoms. The standard InChI is InChI=1S/C18H29N3O.ClH/c1-21(2)9-10-22-16-11-14-7-8-19-13-17(14)18(12-16)20-15-5-3-4-6-15;/h11-12,15,19-20H,3-10,13H2,1-2H3;1H. The summed E-state index contributed by atoms with van der Waals surface area (Å²) in [6, 6.07) is 5.09. The lowest BCUT2D eigenvalue weighted by Gasteiger charge is -2.25. The summed E-state index contributed by atoms with van der Waals surface area (Å²) in [5, 5.41) is 7.27. The van der Waals surface area contributed by atoms with E-state index in [0.29, 0.717) is 6.04 Å². The highest BCUT2D eigenvalue weighted by Crippen LogP contribution is 2.32. The van der Waals surface area contributed by atoms with Crippen molar-refractivity contribution >= 4 is 18.1 Å². The minimum atomic E-state index is 0. The van der Waals surface area contributed by atoms with Crippen molar-refractivity contribution in [1.29, 1.82) is 0 Å². The lowest BCUT2D eigenvalue weighted by Crippen LogP contribution is -2.26.